The van der Waals surface area contributed by atoms with Crippen LogP contribution < -0.4 is 0 Å². The number of aliphatic hydroxyl groups excluding tert-OH is 5. The monoisotopic (exact) mass is 931 g/mol. The van der Waals surface area contributed by atoms with E-state index in [4.69, 9.17) is 18.5 Å². The summed E-state index contributed by atoms with van der Waals surface area (Å²) in [7, 11) is -5.02. The molecule has 0 aliphatic heterocycles. The van der Waals surface area contributed by atoms with Crippen molar-refractivity contribution in [1.82, 2.24) is 0 Å². The van der Waals surface area contributed by atoms with E-state index in [1.54, 1.807) is 0 Å². The number of phosphoric acid groups is 1. The van der Waals surface area contributed by atoms with Gasteiger partial charge in [0.2, 0.25) is 0 Å². The Morgan fingerprint density at radius 1 is 0.500 bits per heavy atom. The molecule has 0 heterocycles. The van der Waals surface area contributed by atoms with Gasteiger partial charge in [0.25, 0.3) is 0 Å². The minimum Gasteiger partial charge on any atom is -0.457 e. The fraction of sp³-hybridized carbons (Fsp3) is 0.863. The number of aliphatic hydroxyl groups is 5. The smallest absolute Gasteiger partial charge is 0.457 e. The van der Waals surface area contributed by atoms with E-state index in [2.05, 4.69) is 50.3 Å². The predicted molar refractivity (Wildman–Crippen MR) is 258 cm³/mol. The van der Waals surface area contributed by atoms with Crippen LogP contribution in [-0.4, -0.2) is 98.9 Å². The molecule has 0 bridgehead atoms. The van der Waals surface area contributed by atoms with E-state index in [0.717, 1.165) is 51.4 Å². The van der Waals surface area contributed by atoms with Crippen molar-refractivity contribution in [2.45, 2.75) is 262 Å². The standard InChI is InChI=1S/C51H95O12P/c1-3-5-7-9-11-13-15-17-19-21-23-24-26-28-30-32-34-36-38-40-45(52)62-44(43-61-64(58,59)63-51-49(56)47(54)46(53)48(55)50(51)57)42-60-41-39-37-35-33-31-29-27-25-22-20-18-16-14-12-10-8-6-4-2/h11,13,17-20,44,46-51,53-57H,3-10,12,14-16,21-43H2,1-2H3,(H,58,59)/b13-11-,19-17-,20-18-. The van der Waals surface area contributed by atoms with Gasteiger partial charge in [0.15, 0.2) is 0 Å². The first-order chi connectivity index (χ1) is 31.0. The van der Waals surface area contributed by atoms with Crippen molar-refractivity contribution >= 4 is 13.8 Å². The molecule has 6 atom stereocenters. The highest BCUT2D eigenvalue weighted by Crippen LogP contribution is 2.47. The Morgan fingerprint density at radius 2 is 0.875 bits per heavy atom. The quantitative estimate of drug-likeness (QED) is 0.0147. The number of allylic oxidation sites excluding steroid dienone is 6. The Hall–Kier alpha value is -1.44. The van der Waals surface area contributed by atoms with Crippen LogP contribution in [0.3, 0.4) is 0 Å². The predicted octanol–water partition coefficient (Wildman–Crippen LogP) is 11.4. The van der Waals surface area contributed by atoms with Crippen molar-refractivity contribution in [3.63, 3.8) is 0 Å². The topological polar surface area (TPSA) is 192 Å². The van der Waals surface area contributed by atoms with Crippen LogP contribution in [0.2, 0.25) is 0 Å². The molecule has 1 rings (SSSR count). The van der Waals surface area contributed by atoms with Crippen LogP contribution in [0, 0.1) is 0 Å². The number of rotatable bonds is 44. The lowest BCUT2D eigenvalue weighted by atomic mass is 9.85. The number of phosphoric ester groups is 1. The number of carbonyl (C=O) groups is 1. The molecule has 1 fully saturated rings. The minimum absolute atomic E-state index is 0.0791. The summed E-state index contributed by atoms with van der Waals surface area (Å²) >= 11 is 0. The molecular weight excluding hydrogens is 836 g/mol. The van der Waals surface area contributed by atoms with E-state index in [9.17, 15) is 39.8 Å². The van der Waals surface area contributed by atoms with Gasteiger partial charge in [-0.2, -0.15) is 0 Å². The van der Waals surface area contributed by atoms with Gasteiger partial charge >= 0.3 is 13.8 Å². The third kappa shape index (κ3) is 33.1. The highest BCUT2D eigenvalue weighted by Gasteiger charge is 2.51. The van der Waals surface area contributed by atoms with Crippen LogP contribution in [0.1, 0.15) is 219 Å². The normalized spacial score (nSPS) is 21.9. The van der Waals surface area contributed by atoms with Gasteiger partial charge in [-0.1, -0.05) is 179 Å². The first-order valence-electron chi connectivity index (χ1n) is 25.8. The molecule has 0 spiro atoms. The highest BCUT2D eigenvalue weighted by atomic mass is 31.2. The summed E-state index contributed by atoms with van der Waals surface area (Å²) in [6, 6.07) is 0. The maximum Gasteiger partial charge on any atom is 0.472 e. The molecule has 0 aromatic heterocycles. The number of hydrogen-bond donors (Lipinski definition) is 6. The Balaban J connectivity index is 2.34. The highest BCUT2D eigenvalue weighted by molar-refractivity contribution is 7.47. The van der Waals surface area contributed by atoms with E-state index in [0.29, 0.717) is 13.0 Å². The van der Waals surface area contributed by atoms with Crippen molar-refractivity contribution in [1.29, 1.82) is 0 Å². The third-order valence-corrected chi connectivity index (χ3v) is 13.0. The van der Waals surface area contributed by atoms with Gasteiger partial charge in [0, 0.05) is 13.0 Å². The second-order valence-corrected chi connectivity index (χ2v) is 19.4. The molecule has 13 heteroatoms. The molecule has 1 saturated carbocycles. The van der Waals surface area contributed by atoms with E-state index in [1.165, 1.54) is 141 Å². The molecule has 0 saturated heterocycles. The lowest BCUT2D eigenvalue weighted by Gasteiger charge is -2.41. The fourth-order valence-corrected chi connectivity index (χ4v) is 8.82. The summed E-state index contributed by atoms with van der Waals surface area (Å²) in [6.07, 6.45) is 37.7. The van der Waals surface area contributed by atoms with E-state index >= 15 is 0 Å². The van der Waals surface area contributed by atoms with Crippen LogP contribution in [0.25, 0.3) is 0 Å². The van der Waals surface area contributed by atoms with Crippen molar-refractivity contribution in [3.8, 4) is 0 Å². The first-order valence-corrected chi connectivity index (χ1v) is 27.3. The molecule has 6 unspecified atom stereocenters. The lowest BCUT2D eigenvalue weighted by Crippen LogP contribution is -2.64. The molecule has 1 aliphatic carbocycles. The van der Waals surface area contributed by atoms with Crippen molar-refractivity contribution < 1.29 is 58.3 Å². The van der Waals surface area contributed by atoms with Crippen LogP contribution >= 0.6 is 7.82 Å². The van der Waals surface area contributed by atoms with Crippen LogP contribution in [-0.2, 0) is 27.9 Å². The Morgan fingerprint density at radius 3 is 1.36 bits per heavy atom. The second-order valence-electron chi connectivity index (χ2n) is 18.0. The van der Waals surface area contributed by atoms with Gasteiger partial charge in [-0.25, -0.2) is 4.57 Å². The summed E-state index contributed by atoms with van der Waals surface area (Å²) < 4.78 is 34.3. The Kier molecular flexibility index (Phi) is 39.5. The van der Waals surface area contributed by atoms with Gasteiger partial charge in [0.05, 0.1) is 13.2 Å². The fourth-order valence-electron chi connectivity index (χ4n) is 7.85. The maximum absolute atomic E-state index is 12.9. The second kappa shape index (κ2) is 41.7. The molecule has 0 aromatic carbocycles. The molecule has 64 heavy (non-hydrogen) atoms. The molecule has 6 N–H and O–H groups in total. The summed E-state index contributed by atoms with van der Waals surface area (Å²) in [6.45, 7) is 4.24. The summed E-state index contributed by atoms with van der Waals surface area (Å²) in [5.41, 5.74) is 0. The van der Waals surface area contributed by atoms with Crippen molar-refractivity contribution in [2.75, 3.05) is 19.8 Å². The van der Waals surface area contributed by atoms with Gasteiger partial charge in [0.1, 0.15) is 42.7 Å². The molecule has 0 aromatic rings. The van der Waals surface area contributed by atoms with E-state index in [-0.39, 0.29) is 13.0 Å². The molecule has 12 nitrogen and oxygen atoms in total. The zero-order chi connectivity index (χ0) is 46.9. The van der Waals surface area contributed by atoms with Crippen LogP contribution in [0.5, 0.6) is 0 Å². The summed E-state index contributed by atoms with van der Waals surface area (Å²) in [4.78, 5) is 23.2. The maximum atomic E-state index is 12.9. The van der Waals surface area contributed by atoms with E-state index < -0.39 is 63.1 Å². The molecule has 0 amide bonds. The number of hydrogen-bond acceptors (Lipinski definition) is 11. The van der Waals surface area contributed by atoms with Gasteiger partial charge in [-0.05, 0) is 70.6 Å². The number of unbranched alkanes of at least 4 members (excludes halogenated alkanes) is 26. The largest absolute Gasteiger partial charge is 0.472 e. The average Bonchev–Trinajstić information content (AvgIpc) is 3.28. The lowest BCUT2D eigenvalue weighted by molar-refractivity contribution is -0.220. The molecule has 0 radical (unpaired) electrons. The van der Waals surface area contributed by atoms with Gasteiger partial charge < -0.3 is 39.9 Å². The number of carbonyl (C=O) groups excluding carboxylic acids is 1. The van der Waals surface area contributed by atoms with Gasteiger partial charge in [-0.3, -0.25) is 13.8 Å². The van der Waals surface area contributed by atoms with Crippen molar-refractivity contribution in [3.05, 3.63) is 36.5 Å². The van der Waals surface area contributed by atoms with Crippen LogP contribution in [0.15, 0.2) is 36.5 Å². The Bertz CT molecular complexity index is 1200. The SMILES string of the molecule is CCCCC/C=C\C/C=C\CCCCCCCCCCCC(=O)OC(COCCCCCCCCCC/C=C\CCCCCCCC)COP(=O)(O)OC1C(O)C(O)C(O)C(O)C1O. The number of esters is 1. The molecular formula is C51H95O12P. The van der Waals surface area contributed by atoms with Gasteiger partial charge in [-0.15, -0.1) is 0 Å². The zero-order valence-corrected chi connectivity index (χ0v) is 41.2. The van der Waals surface area contributed by atoms with Crippen LogP contribution in [0.4, 0.5) is 0 Å². The van der Waals surface area contributed by atoms with E-state index in [1.807, 2.05) is 0 Å². The first kappa shape index (κ1) is 60.6. The minimum atomic E-state index is -5.02. The number of ether oxygens (including phenoxy) is 2. The summed E-state index contributed by atoms with van der Waals surface area (Å²) in [5.74, 6) is -0.481. The third-order valence-electron chi connectivity index (χ3n) is 12.0. The molecule has 1 aliphatic rings. The van der Waals surface area contributed by atoms with Crippen molar-refractivity contribution in [2.24, 2.45) is 0 Å². The molecule has 376 valence electrons. The summed E-state index contributed by atoms with van der Waals surface area (Å²) in [5, 5.41) is 50.3. The average molecular weight is 931 g/mol. The zero-order valence-electron chi connectivity index (χ0n) is 40.3. The Labute approximate surface area is 389 Å².